The molecule has 0 radical (unpaired) electrons. The predicted molar refractivity (Wildman–Crippen MR) is 75.4 cm³/mol. The molecular weight excluding hydrogens is 260 g/mol. The molecule has 1 amide bonds. The Morgan fingerprint density at radius 1 is 1.37 bits per heavy atom. The fourth-order valence-electron chi connectivity index (χ4n) is 3.47. The lowest BCUT2D eigenvalue weighted by Gasteiger charge is -2.37. The van der Waals surface area contributed by atoms with Gasteiger partial charge in [0.25, 0.3) is 0 Å². The smallest absolute Gasteiger partial charge is 0.225 e. The van der Waals surface area contributed by atoms with Gasteiger partial charge in [-0.2, -0.15) is 4.37 Å². The summed E-state index contributed by atoms with van der Waals surface area (Å²) in [5.41, 5.74) is 7.30. The normalized spacial score (nSPS) is 30.3. The van der Waals surface area contributed by atoms with Crippen molar-refractivity contribution in [1.82, 2.24) is 9.69 Å². The van der Waals surface area contributed by atoms with E-state index < -0.39 is 0 Å². The zero-order valence-electron chi connectivity index (χ0n) is 10.8. The zero-order chi connectivity index (χ0) is 13.0. The van der Waals surface area contributed by atoms with Gasteiger partial charge in [0.1, 0.15) is 10.8 Å². The van der Waals surface area contributed by atoms with Crippen LogP contribution in [0.1, 0.15) is 37.2 Å². The molecule has 3 N–H and O–H groups in total. The number of fused-ring (bicyclic) bond motifs is 1. The van der Waals surface area contributed by atoms with E-state index in [1.807, 2.05) is 0 Å². The molecular formula is C13H18N4OS. The van der Waals surface area contributed by atoms with Gasteiger partial charge in [-0.25, -0.2) is 0 Å². The summed E-state index contributed by atoms with van der Waals surface area (Å²) in [4.78, 5) is 14.2. The lowest BCUT2D eigenvalue weighted by Crippen LogP contribution is -2.45. The highest BCUT2D eigenvalue weighted by molar-refractivity contribution is 7.10. The average molecular weight is 278 g/mol. The number of rotatable bonds is 2. The van der Waals surface area contributed by atoms with Crippen LogP contribution in [0.3, 0.4) is 0 Å². The van der Waals surface area contributed by atoms with Crippen LogP contribution in [0.5, 0.6) is 0 Å². The molecule has 3 heterocycles. The van der Waals surface area contributed by atoms with E-state index in [9.17, 15) is 4.79 Å². The predicted octanol–water partition coefficient (Wildman–Crippen LogP) is 1.32. The Hall–Kier alpha value is -1.30. The molecule has 3 aliphatic rings. The fraction of sp³-hybridized carbons (Fsp3) is 0.692. The number of nitrogens with zero attached hydrogens (tertiary/aromatic N) is 2. The monoisotopic (exact) mass is 278 g/mol. The molecule has 2 atom stereocenters. The maximum absolute atomic E-state index is 11.8. The lowest BCUT2D eigenvalue weighted by molar-refractivity contribution is -0.122. The first kappa shape index (κ1) is 11.5. The van der Waals surface area contributed by atoms with Gasteiger partial charge in [-0.05, 0) is 43.1 Å². The number of nitrogens with two attached hydrogens (primary N) is 1. The molecule has 4 rings (SSSR count). The van der Waals surface area contributed by atoms with Crippen molar-refractivity contribution in [1.29, 1.82) is 0 Å². The molecule has 1 saturated carbocycles. The number of aromatic nitrogens is 1. The van der Waals surface area contributed by atoms with Crippen molar-refractivity contribution >= 4 is 28.3 Å². The van der Waals surface area contributed by atoms with E-state index in [0.717, 1.165) is 25.9 Å². The number of carbonyl (C=O) groups excluding carboxylic acids is 1. The van der Waals surface area contributed by atoms with Crippen LogP contribution in [0.15, 0.2) is 0 Å². The Morgan fingerprint density at radius 3 is 3.00 bits per heavy atom. The standard InChI is InChI=1S/C13H18N4OS/c14-11-10(7-3-4-7)13(19-16-11)17-5-1-2-8-9(17)6-15-12(8)18/h7-9H,1-6H2,(H2,14,16)(H,15,18). The van der Waals surface area contributed by atoms with Crippen molar-refractivity contribution in [2.45, 2.75) is 37.6 Å². The van der Waals surface area contributed by atoms with Gasteiger partial charge in [0, 0.05) is 18.7 Å². The third-order valence-electron chi connectivity index (χ3n) is 4.58. The molecule has 6 heteroatoms. The van der Waals surface area contributed by atoms with Crippen LogP contribution in [0.4, 0.5) is 10.8 Å². The third kappa shape index (κ3) is 1.73. The van der Waals surface area contributed by atoms with Crippen molar-refractivity contribution in [3.05, 3.63) is 5.56 Å². The van der Waals surface area contributed by atoms with Gasteiger partial charge < -0.3 is 16.0 Å². The molecule has 1 aromatic heterocycles. The zero-order valence-corrected chi connectivity index (χ0v) is 11.6. The Kier molecular flexibility index (Phi) is 2.48. The molecule has 2 saturated heterocycles. The molecule has 0 aromatic carbocycles. The number of nitrogen functional groups attached to an aromatic ring is 1. The first-order valence-electron chi connectivity index (χ1n) is 7.05. The SMILES string of the molecule is Nc1nsc(N2CCCC3C(=O)NCC32)c1C1CC1. The number of nitrogens with one attached hydrogen (secondary N) is 1. The Morgan fingerprint density at radius 2 is 2.21 bits per heavy atom. The second-order valence-corrected chi connectivity index (χ2v) is 6.57. The first-order valence-corrected chi connectivity index (χ1v) is 7.82. The van der Waals surface area contributed by atoms with Crippen LogP contribution in [0.25, 0.3) is 0 Å². The van der Waals surface area contributed by atoms with Crippen LogP contribution in [-0.2, 0) is 4.79 Å². The summed E-state index contributed by atoms with van der Waals surface area (Å²) in [6, 6.07) is 0.304. The van der Waals surface area contributed by atoms with Crippen LogP contribution in [0, 0.1) is 5.92 Å². The van der Waals surface area contributed by atoms with Gasteiger partial charge in [0.2, 0.25) is 5.91 Å². The first-order chi connectivity index (χ1) is 9.25. The molecule has 1 aliphatic carbocycles. The summed E-state index contributed by atoms with van der Waals surface area (Å²) >= 11 is 1.51. The Balaban J connectivity index is 1.70. The minimum absolute atomic E-state index is 0.157. The van der Waals surface area contributed by atoms with Crippen LogP contribution < -0.4 is 16.0 Å². The number of hydrogen-bond donors (Lipinski definition) is 2. The minimum atomic E-state index is 0.157. The number of amides is 1. The minimum Gasteiger partial charge on any atom is -0.383 e. The average Bonchev–Trinajstić information content (AvgIpc) is 3.08. The van der Waals surface area contributed by atoms with Crippen LogP contribution >= 0.6 is 11.5 Å². The summed E-state index contributed by atoms with van der Waals surface area (Å²) in [6.07, 6.45) is 4.56. The van der Waals surface area contributed by atoms with Crippen LogP contribution in [-0.4, -0.2) is 29.4 Å². The highest BCUT2D eigenvalue weighted by Gasteiger charge is 2.43. The van der Waals surface area contributed by atoms with E-state index in [-0.39, 0.29) is 11.8 Å². The second-order valence-electron chi connectivity index (χ2n) is 5.82. The number of hydrogen-bond acceptors (Lipinski definition) is 5. The fourth-order valence-corrected chi connectivity index (χ4v) is 4.45. The van der Waals surface area contributed by atoms with Crippen LogP contribution in [0.2, 0.25) is 0 Å². The number of carbonyl (C=O) groups is 1. The summed E-state index contributed by atoms with van der Waals surface area (Å²) in [6.45, 7) is 1.79. The molecule has 5 nitrogen and oxygen atoms in total. The van der Waals surface area contributed by atoms with E-state index in [1.165, 1.54) is 34.9 Å². The van der Waals surface area contributed by atoms with E-state index in [4.69, 9.17) is 5.73 Å². The number of anilines is 2. The molecule has 1 aromatic rings. The van der Waals surface area contributed by atoms with Crippen molar-refractivity contribution in [3.63, 3.8) is 0 Å². The molecule has 102 valence electrons. The topological polar surface area (TPSA) is 71.2 Å². The largest absolute Gasteiger partial charge is 0.383 e. The van der Waals surface area contributed by atoms with E-state index >= 15 is 0 Å². The van der Waals surface area contributed by atoms with Crippen molar-refractivity contribution in [2.75, 3.05) is 23.7 Å². The molecule has 3 fully saturated rings. The third-order valence-corrected chi connectivity index (χ3v) is 5.50. The summed E-state index contributed by atoms with van der Waals surface area (Å²) in [7, 11) is 0. The quantitative estimate of drug-likeness (QED) is 0.856. The van der Waals surface area contributed by atoms with Gasteiger partial charge in [0.15, 0.2) is 0 Å². The van der Waals surface area contributed by atoms with Crippen molar-refractivity contribution < 1.29 is 4.79 Å². The highest BCUT2D eigenvalue weighted by atomic mass is 32.1. The van der Waals surface area contributed by atoms with E-state index in [1.54, 1.807) is 0 Å². The van der Waals surface area contributed by atoms with Crippen molar-refractivity contribution in [2.24, 2.45) is 5.92 Å². The summed E-state index contributed by atoms with van der Waals surface area (Å²) in [5.74, 6) is 1.70. The Bertz CT molecular complexity index is 525. The van der Waals surface area contributed by atoms with Gasteiger partial charge in [0.05, 0.1) is 12.0 Å². The van der Waals surface area contributed by atoms with Gasteiger partial charge >= 0.3 is 0 Å². The lowest BCUT2D eigenvalue weighted by atomic mass is 9.91. The number of piperidine rings is 1. The van der Waals surface area contributed by atoms with E-state index in [2.05, 4.69) is 14.6 Å². The Labute approximate surface area is 116 Å². The highest BCUT2D eigenvalue weighted by Crippen LogP contribution is 2.50. The van der Waals surface area contributed by atoms with Crippen molar-refractivity contribution in [3.8, 4) is 0 Å². The summed E-state index contributed by atoms with van der Waals surface area (Å²) in [5, 5.41) is 4.23. The van der Waals surface area contributed by atoms with E-state index in [0.29, 0.717) is 17.8 Å². The molecule has 2 aliphatic heterocycles. The summed E-state index contributed by atoms with van der Waals surface area (Å²) < 4.78 is 4.36. The molecule has 2 unspecified atom stereocenters. The van der Waals surface area contributed by atoms with Gasteiger partial charge in [-0.3, -0.25) is 4.79 Å². The maximum atomic E-state index is 11.8. The van der Waals surface area contributed by atoms with Gasteiger partial charge in [-0.15, -0.1) is 0 Å². The second kappa shape index (κ2) is 4.10. The van der Waals surface area contributed by atoms with Gasteiger partial charge in [-0.1, -0.05) is 0 Å². The molecule has 0 spiro atoms. The maximum Gasteiger partial charge on any atom is 0.225 e. The molecule has 0 bridgehead atoms. The molecule has 19 heavy (non-hydrogen) atoms.